The minimum absolute atomic E-state index is 0.0251. The Morgan fingerprint density at radius 2 is 1.50 bits per heavy atom. The third-order valence-corrected chi connectivity index (χ3v) is 3.05. The largest absolute Gasteiger partial charge is 0.433 e. The molecule has 1 aromatic carbocycles. The van der Waals surface area contributed by atoms with Crippen LogP contribution in [0.25, 0.3) is 0 Å². The number of nitrogen functional groups attached to an aromatic ring is 1. The van der Waals surface area contributed by atoms with E-state index in [0.717, 1.165) is 0 Å². The van der Waals surface area contributed by atoms with Crippen LogP contribution in [-0.2, 0) is 5.67 Å². The summed E-state index contributed by atoms with van der Waals surface area (Å²) in [6, 6.07) is 0.766. The molecule has 10 heteroatoms. The van der Waals surface area contributed by atoms with Crippen molar-refractivity contribution in [3.8, 4) is 0 Å². The van der Waals surface area contributed by atoms with Crippen LogP contribution in [0.4, 0.5) is 40.8 Å². The van der Waals surface area contributed by atoms with Crippen molar-refractivity contribution in [3.63, 3.8) is 0 Å². The van der Waals surface area contributed by atoms with E-state index in [0.29, 0.717) is 6.07 Å². The first-order valence-electron chi connectivity index (χ1n) is 4.82. The molecule has 0 saturated heterocycles. The van der Waals surface area contributed by atoms with E-state index < -0.39 is 39.9 Å². The molecule has 1 aromatic rings. The maximum absolute atomic E-state index is 13.9. The topological polar surface area (TPSA) is 26.0 Å². The molecule has 1 nitrogen and oxygen atoms in total. The first kappa shape index (κ1) is 17.0. The summed E-state index contributed by atoms with van der Waals surface area (Å²) in [5.74, 6) is 0. The number of halogens is 9. The molecule has 20 heavy (non-hydrogen) atoms. The predicted octanol–water partition coefficient (Wildman–Crippen LogP) is 4.92. The Bertz CT molecular complexity index is 479. The molecule has 0 aromatic heterocycles. The summed E-state index contributed by atoms with van der Waals surface area (Å²) in [6.45, 7) is 0. The van der Waals surface area contributed by atoms with Crippen molar-refractivity contribution in [3.05, 3.63) is 29.3 Å². The average molecular weight is 372 g/mol. The molecule has 0 saturated carbocycles. The zero-order chi connectivity index (χ0) is 15.9. The third kappa shape index (κ3) is 2.70. The average Bonchev–Trinajstić information content (AvgIpc) is 2.25. The van der Waals surface area contributed by atoms with Gasteiger partial charge in [-0.1, -0.05) is 6.07 Å². The molecule has 0 amide bonds. The Morgan fingerprint density at radius 3 is 1.85 bits per heavy atom. The van der Waals surface area contributed by atoms with E-state index in [9.17, 15) is 35.1 Å². The van der Waals surface area contributed by atoms with Gasteiger partial charge in [-0.15, -0.1) is 0 Å². The minimum Gasteiger partial charge on any atom is -0.398 e. The third-order valence-electron chi connectivity index (χ3n) is 2.50. The molecular weight excluding hydrogens is 366 g/mol. The second-order valence-corrected chi connectivity index (χ2v) is 4.79. The summed E-state index contributed by atoms with van der Waals surface area (Å²) >= 11 is 1.31. The van der Waals surface area contributed by atoms with Crippen LogP contribution in [0, 0.1) is 0 Å². The maximum atomic E-state index is 13.9. The molecular formula is C10H6BrF8N. The van der Waals surface area contributed by atoms with Gasteiger partial charge in [0.15, 0.2) is 0 Å². The van der Waals surface area contributed by atoms with Gasteiger partial charge in [0.2, 0.25) is 0 Å². The van der Waals surface area contributed by atoms with Crippen molar-refractivity contribution in [2.75, 3.05) is 5.73 Å². The molecule has 0 aliphatic heterocycles. The second-order valence-electron chi connectivity index (χ2n) is 3.80. The van der Waals surface area contributed by atoms with Crippen molar-refractivity contribution in [2.45, 2.75) is 23.1 Å². The van der Waals surface area contributed by atoms with E-state index in [1.54, 1.807) is 0 Å². The molecule has 0 spiro atoms. The second kappa shape index (κ2) is 5.05. The fourth-order valence-electron chi connectivity index (χ4n) is 1.47. The van der Waals surface area contributed by atoms with Gasteiger partial charge in [-0.2, -0.15) is 22.0 Å². The normalized spacial score (nSPS) is 16.3. The van der Waals surface area contributed by atoms with E-state index >= 15 is 0 Å². The highest BCUT2D eigenvalue weighted by molar-refractivity contribution is 9.10. The van der Waals surface area contributed by atoms with E-state index in [1.807, 2.05) is 0 Å². The van der Waals surface area contributed by atoms with Gasteiger partial charge < -0.3 is 5.73 Å². The van der Waals surface area contributed by atoms with Crippen LogP contribution in [0.1, 0.15) is 17.6 Å². The fraction of sp³-hybridized carbons (Fsp3) is 0.400. The lowest BCUT2D eigenvalue weighted by Crippen LogP contribution is -2.49. The highest BCUT2D eigenvalue weighted by Crippen LogP contribution is 2.55. The van der Waals surface area contributed by atoms with E-state index in [1.165, 1.54) is 15.9 Å². The summed E-state index contributed by atoms with van der Waals surface area (Å²) < 4.78 is 103. The number of rotatable bonds is 3. The first-order valence-corrected chi connectivity index (χ1v) is 5.62. The smallest absolute Gasteiger partial charge is 0.398 e. The van der Waals surface area contributed by atoms with E-state index in [-0.39, 0.29) is 12.1 Å². The molecule has 0 heterocycles. The Labute approximate surface area is 115 Å². The molecule has 0 radical (unpaired) electrons. The van der Waals surface area contributed by atoms with Crippen LogP contribution in [-0.4, -0.2) is 11.0 Å². The van der Waals surface area contributed by atoms with Crippen molar-refractivity contribution >= 4 is 21.6 Å². The molecule has 1 rings (SSSR count). The SMILES string of the molecule is Nc1ccc(C(F)(C(F)(F)F)C(F)(F)Br)cc1C(F)F. The highest BCUT2D eigenvalue weighted by atomic mass is 79.9. The van der Waals surface area contributed by atoms with Crippen LogP contribution < -0.4 is 5.73 Å². The van der Waals surface area contributed by atoms with Crippen LogP contribution >= 0.6 is 15.9 Å². The number of hydrogen-bond donors (Lipinski definition) is 1. The molecule has 0 aliphatic rings. The van der Waals surface area contributed by atoms with Crippen LogP contribution in [0.15, 0.2) is 18.2 Å². The van der Waals surface area contributed by atoms with Crippen molar-refractivity contribution in [2.24, 2.45) is 0 Å². The van der Waals surface area contributed by atoms with Crippen molar-refractivity contribution in [1.29, 1.82) is 0 Å². The predicted molar refractivity (Wildman–Crippen MR) is 58.5 cm³/mol. The molecule has 2 N–H and O–H groups in total. The Kier molecular flexibility index (Phi) is 4.29. The van der Waals surface area contributed by atoms with Gasteiger partial charge in [0, 0.05) is 16.8 Å². The monoisotopic (exact) mass is 371 g/mol. The van der Waals surface area contributed by atoms with E-state index in [2.05, 4.69) is 0 Å². The number of benzene rings is 1. The highest BCUT2D eigenvalue weighted by Gasteiger charge is 2.71. The van der Waals surface area contributed by atoms with Crippen molar-refractivity contribution < 1.29 is 35.1 Å². The number of alkyl halides is 9. The molecule has 0 aliphatic carbocycles. The van der Waals surface area contributed by atoms with Crippen LogP contribution in [0.5, 0.6) is 0 Å². The standard InChI is InChI=1S/C10H6BrF8N/c11-9(15,16)8(14,10(17,18)19)4-1-2-6(20)5(3-4)7(12)13/h1-3,7H,20H2. The summed E-state index contributed by atoms with van der Waals surface area (Å²) in [5, 5.41) is 0. The lowest BCUT2D eigenvalue weighted by atomic mass is 9.93. The van der Waals surface area contributed by atoms with Crippen LogP contribution in [0.2, 0.25) is 0 Å². The van der Waals surface area contributed by atoms with Gasteiger partial charge in [0.05, 0.1) is 0 Å². The molecule has 1 unspecified atom stereocenters. The summed E-state index contributed by atoms with van der Waals surface area (Å²) in [7, 11) is 0. The fourth-order valence-corrected chi connectivity index (χ4v) is 1.92. The zero-order valence-corrected chi connectivity index (χ0v) is 10.9. The van der Waals surface area contributed by atoms with E-state index in [4.69, 9.17) is 5.73 Å². The number of hydrogen-bond acceptors (Lipinski definition) is 1. The zero-order valence-electron chi connectivity index (χ0n) is 9.29. The van der Waals surface area contributed by atoms with Gasteiger partial charge in [0.1, 0.15) is 0 Å². The molecule has 1 atom stereocenters. The first-order chi connectivity index (χ1) is 8.82. The summed E-state index contributed by atoms with van der Waals surface area (Å²) in [6.07, 6.45) is -9.37. The molecule has 114 valence electrons. The lowest BCUT2D eigenvalue weighted by Gasteiger charge is -2.32. The van der Waals surface area contributed by atoms with Gasteiger partial charge in [-0.25, -0.2) is 13.2 Å². The summed E-state index contributed by atoms with van der Waals surface area (Å²) in [5.41, 5.74) is -3.57. The quantitative estimate of drug-likeness (QED) is 0.455. The number of anilines is 1. The van der Waals surface area contributed by atoms with Gasteiger partial charge >= 0.3 is 16.7 Å². The Balaban J connectivity index is 3.57. The maximum Gasteiger partial charge on any atom is 0.433 e. The van der Waals surface area contributed by atoms with Gasteiger partial charge in [-0.05, 0) is 28.1 Å². The minimum atomic E-state index is -6.03. The Hall–Kier alpha value is -1.06. The lowest BCUT2D eigenvalue weighted by molar-refractivity contribution is -0.282. The van der Waals surface area contributed by atoms with Gasteiger partial charge in [0.25, 0.3) is 6.43 Å². The van der Waals surface area contributed by atoms with Crippen molar-refractivity contribution in [1.82, 2.24) is 0 Å². The molecule has 0 bridgehead atoms. The molecule has 0 fully saturated rings. The van der Waals surface area contributed by atoms with Crippen LogP contribution in [0.3, 0.4) is 0 Å². The number of nitrogens with two attached hydrogens (primary N) is 1. The summed E-state index contributed by atoms with van der Waals surface area (Å²) in [4.78, 5) is -5.05. The Morgan fingerprint density at radius 1 is 1.00 bits per heavy atom. The van der Waals surface area contributed by atoms with Gasteiger partial charge in [-0.3, -0.25) is 0 Å².